The maximum Gasteiger partial charge on any atom is 0.377 e. The number of carbonyl (C=O) groups excluding carboxylic acids is 1. The van der Waals surface area contributed by atoms with Crippen molar-refractivity contribution in [1.29, 1.82) is 0 Å². The van der Waals surface area contributed by atoms with E-state index in [2.05, 4.69) is 15.9 Å². The van der Waals surface area contributed by atoms with Gasteiger partial charge in [0.2, 0.25) is 0 Å². The lowest BCUT2D eigenvalue weighted by atomic mass is 10.1. The smallest absolute Gasteiger partial charge is 0.377 e. The molecule has 0 saturated heterocycles. The number of phenolic OH excluding ortho intramolecular Hbond substituents is 1. The van der Waals surface area contributed by atoms with E-state index in [1.807, 2.05) is 0 Å². The van der Waals surface area contributed by atoms with Crippen molar-refractivity contribution >= 4 is 27.7 Å². The largest absolute Gasteiger partial charge is 0.507 e. The third-order valence-corrected chi connectivity index (χ3v) is 2.33. The van der Waals surface area contributed by atoms with Gasteiger partial charge in [0.05, 0.1) is 17.1 Å². The molecule has 1 rings (SSSR count). The van der Waals surface area contributed by atoms with Crippen molar-refractivity contribution in [3.05, 3.63) is 22.2 Å². The second kappa shape index (κ2) is 4.31. The third-order valence-electron chi connectivity index (χ3n) is 1.71. The van der Waals surface area contributed by atoms with Gasteiger partial charge in [-0.25, -0.2) is 4.79 Å². The van der Waals surface area contributed by atoms with Crippen LogP contribution in [0.15, 0.2) is 16.6 Å². The predicted octanol–water partition coefficient (Wildman–Crippen LogP) is 1.43. The number of hydrogen-bond acceptors (Lipinski definition) is 4. The molecule has 0 bridgehead atoms. The number of methoxy groups -OCH3 is 1. The summed E-state index contributed by atoms with van der Waals surface area (Å²) in [5.41, 5.74) is -0.282. The number of ether oxygens (including phenoxy) is 1. The number of carbonyl (C=O) groups is 2. The number of phenols is 1. The van der Waals surface area contributed by atoms with Gasteiger partial charge in [-0.2, -0.15) is 0 Å². The number of ketones is 1. The maximum atomic E-state index is 11.1. The van der Waals surface area contributed by atoms with Crippen LogP contribution in [0.2, 0.25) is 0 Å². The highest BCUT2D eigenvalue weighted by molar-refractivity contribution is 9.10. The molecule has 0 spiro atoms. The molecular weight excluding hydrogens is 268 g/mol. The summed E-state index contributed by atoms with van der Waals surface area (Å²) in [6.45, 7) is 0. The van der Waals surface area contributed by atoms with E-state index in [9.17, 15) is 14.7 Å². The minimum atomic E-state index is -1.62. The van der Waals surface area contributed by atoms with Gasteiger partial charge in [-0.1, -0.05) is 0 Å². The number of benzene rings is 1. The Morgan fingerprint density at radius 3 is 2.47 bits per heavy atom. The van der Waals surface area contributed by atoms with Gasteiger partial charge in [-0.3, -0.25) is 4.79 Å². The summed E-state index contributed by atoms with van der Waals surface area (Å²) in [7, 11) is 1.39. The highest BCUT2D eigenvalue weighted by Crippen LogP contribution is 2.32. The minimum Gasteiger partial charge on any atom is -0.507 e. The summed E-state index contributed by atoms with van der Waals surface area (Å²) in [6, 6.07) is 2.37. The quantitative estimate of drug-likeness (QED) is 0.644. The fraction of sp³-hybridized carbons (Fsp3) is 0.111. The number of Topliss-reactive ketones (excluding diaryl/α,β-unsaturated/α-hetero) is 1. The molecule has 0 heterocycles. The van der Waals surface area contributed by atoms with Crippen LogP contribution in [0.1, 0.15) is 10.4 Å². The normalized spacial score (nSPS) is 9.73. The highest BCUT2D eigenvalue weighted by atomic mass is 79.9. The highest BCUT2D eigenvalue weighted by Gasteiger charge is 2.20. The van der Waals surface area contributed by atoms with E-state index in [0.717, 1.165) is 0 Å². The first-order valence-electron chi connectivity index (χ1n) is 3.81. The van der Waals surface area contributed by atoms with Gasteiger partial charge in [0.15, 0.2) is 0 Å². The summed E-state index contributed by atoms with van der Waals surface area (Å²) < 4.78 is 5.25. The predicted molar refractivity (Wildman–Crippen MR) is 54.3 cm³/mol. The Morgan fingerprint density at radius 1 is 1.40 bits per heavy atom. The zero-order valence-corrected chi connectivity index (χ0v) is 9.24. The molecule has 0 atom stereocenters. The van der Waals surface area contributed by atoms with Gasteiger partial charge < -0.3 is 14.9 Å². The van der Waals surface area contributed by atoms with Gasteiger partial charge >= 0.3 is 5.97 Å². The van der Waals surface area contributed by atoms with Crippen LogP contribution < -0.4 is 4.74 Å². The van der Waals surface area contributed by atoms with Crippen LogP contribution in [0.4, 0.5) is 0 Å². The number of hydrogen-bond donors (Lipinski definition) is 2. The molecule has 1 aromatic carbocycles. The molecule has 0 radical (unpaired) electrons. The molecule has 0 aliphatic carbocycles. The molecule has 6 heteroatoms. The van der Waals surface area contributed by atoms with E-state index in [0.29, 0.717) is 10.2 Å². The van der Waals surface area contributed by atoms with Crippen LogP contribution in [-0.2, 0) is 4.79 Å². The molecule has 5 nitrogen and oxygen atoms in total. The Morgan fingerprint density at radius 2 is 2.00 bits per heavy atom. The third kappa shape index (κ3) is 2.27. The van der Waals surface area contributed by atoms with E-state index in [1.54, 1.807) is 0 Å². The second-order valence-corrected chi connectivity index (χ2v) is 3.49. The molecule has 0 aliphatic rings. The van der Waals surface area contributed by atoms with E-state index in [-0.39, 0.29) is 5.56 Å². The van der Waals surface area contributed by atoms with Crippen molar-refractivity contribution in [2.24, 2.45) is 0 Å². The fourth-order valence-electron chi connectivity index (χ4n) is 0.996. The van der Waals surface area contributed by atoms with Crippen molar-refractivity contribution in [3.63, 3.8) is 0 Å². The maximum absolute atomic E-state index is 11.1. The number of halogens is 1. The summed E-state index contributed by atoms with van der Waals surface area (Å²) in [4.78, 5) is 21.5. The first-order valence-corrected chi connectivity index (χ1v) is 4.60. The number of aromatic hydroxyl groups is 1. The molecule has 0 aliphatic heterocycles. The van der Waals surface area contributed by atoms with Crippen molar-refractivity contribution in [2.45, 2.75) is 0 Å². The Balaban J connectivity index is 3.28. The number of rotatable bonds is 3. The lowest BCUT2D eigenvalue weighted by molar-refractivity contribution is -0.131. The van der Waals surface area contributed by atoms with Crippen molar-refractivity contribution < 1.29 is 24.5 Å². The SMILES string of the molecule is COc1cc(O)c(C(=O)C(=O)O)cc1Br. The van der Waals surface area contributed by atoms with E-state index in [4.69, 9.17) is 9.84 Å². The van der Waals surface area contributed by atoms with Crippen molar-refractivity contribution in [2.75, 3.05) is 7.11 Å². The zero-order valence-electron chi connectivity index (χ0n) is 7.65. The molecule has 0 saturated carbocycles. The number of aliphatic carboxylic acids is 1. The molecule has 80 valence electrons. The lowest BCUT2D eigenvalue weighted by Crippen LogP contribution is -2.12. The molecule has 2 N–H and O–H groups in total. The summed E-state index contributed by atoms with van der Waals surface area (Å²) >= 11 is 3.08. The van der Waals surface area contributed by atoms with Gasteiger partial charge in [0.25, 0.3) is 5.78 Å². The average molecular weight is 275 g/mol. The van der Waals surface area contributed by atoms with Gasteiger partial charge in [-0.05, 0) is 22.0 Å². The second-order valence-electron chi connectivity index (χ2n) is 2.64. The monoisotopic (exact) mass is 274 g/mol. The molecule has 0 amide bonds. The Hall–Kier alpha value is -1.56. The van der Waals surface area contributed by atoms with Crippen LogP contribution >= 0.6 is 15.9 Å². The molecule has 0 fully saturated rings. The Labute approximate surface area is 93.4 Å². The summed E-state index contributed by atoms with van der Waals surface area (Å²) in [5, 5.41) is 17.9. The van der Waals surface area contributed by atoms with E-state index < -0.39 is 17.5 Å². The zero-order chi connectivity index (χ0) is 11.6. The van der Waals surface area contributed by atoms with E-state index >= 15 is 0 Å². The first-order chi connectivity index (χ1) is 6.97. The van der Waals surface area contributed by atoms with Crippen LogP contribution in [-0.4, -0.2) is 29.1 Å². The standard InChI is InChI=1S/C9H7BrO5/c1-15-7-3-6(11)4(2-5(7)10)8(12)9(13)14/h2-3,11H,1H3,(H,13,14). The Kier molecular flexibility index (Phi) is 3.31. The number of carboxylic acid groups (broad SMARTS) is 1. The van der Waals surface area contributed by atoms with Gasteiger partial charge in [0, 0.05) is 6.07 Å². The molecule has 0 aromatic heterocycles. The topological polar surface area (TPSA) is 83.8 Å². The Bertz CT molecular complexity index is 427. The van der Waals surface area contributed by atoms with Crippen LogP contribution in [0, 0.1) is 0 Å². The molecule has 1 aromatic rings. The molecular formula is C9H7BrO5. The first kappa shape index (κ1) is 11.5. The molecule has 0 unspecified atom stereocenters. The number of carboxylic acids is 1. The fourth-order valence-corrected chi connectivity index (χ4v) is 1.50. The van der Waals surface area contributed by atoms with Crippen molar-refractivity contribution in [3.8, 4) is 11.5 Å². The summed E-state index contributed by atoms with van der Waals surface area (Å²) in [5.74, 6) is -2.91. The van der Waals surface area contributed by atoms with Crippen LogP contribution in [0.25, 0.3) is 0 Å². The minimum absolute atomic E-state index is 0.282. The van der Waals surface area contributed by atoms with Crippen LogP contribution in [0.3, 0.4) is 0 Å². The lowest BCUT2D eigenvalue weighted by Gasteiger charge is -2.06. The molecule has 15 heavy (non-hydrogen) atoms. The van der Waals surface area contributed by atoms with Gasteiger partial charge in [0.1, 0.15) is 11.5 Å². The van der Waals surface area contributed by atoms with Gasteiger partial charge in [-0.15, -0.1) is 0 Å². The van der Waals surface area contributed by atoms with Crippen molar-refractivity contribution in [1.82, 2.24) is 0 Å². The summed E-state index contributed by atoms with van der Waals surface area (Å²) in [6.07, 6.45) is 0. The van der Waals surface area contributed by atoms with E-state index in [1.165, 1.54) is 19.2 Å². The average Bonchev–Trinajstić information content (AvgIpc) is 2.19. The van der Waals surface area contributed by atoms with Crippen LogP contribution in [0.5, 0.6) is 11.5 Å².